The van der Waals surface area contributed by atoms with Gasteiger partial charge >= 0.3 is 29.8 Å². The zero-order valence-electron chi connectivity index (χ0n) is 17.0. The zero-order chi connectivity index (χ0) is 22.7. The van der Waals surface area contributed by atoms with E-state index in [9.17, 15) is 24.0 Å². The Hall–Kier alpha value is -2.95. The molecule has 0 aromatic carbocycles. The van der Waals surface area contributed by atoms with E-state index in [2.05, 4.69) is 0 Å². The minimum atomic E-state index is -1.33. The maximum absolute atomic E-state index is 11.9. The lowest BCUT2D eigenvalue weighted by Gasteiger charge is -2.40. The number of carboxylic acids is 1. The van der Waals surface area contributed by atoms with Crippen LogP contribution in [0, 0.1) is 0 Å². The Kier molecular flexibility index (Phi) is 10.5. The third-order valence-corrected chi connectivity index (χ3v) is 3.97. The molecule has 0 bridgehead atoms. The number of ether oxygens (including phenoxy) is 5. The standard InChI is InChI=1S/C19H26O11/c1-4-14(22)28-12-10-26-11(9-27-17(25)8-7-13(20)21)18(29-15(23)5-2)19(12)30-16(24)6-3/h7-8,11-12,18-19H,4-6,9-10H2,1-3H3,(H,20,21)/b8-7+/t11-,12-,18-,19+/m1/s1. The molecule has 0 radical (unpaired) electrons. The topological polar surface area (TPSA) is 152 Å². The van der Waals surface area contributed by atoms with Gasteiger partial charge in [-0.05, 0) is 0 Å². The predicted molar refractivity (Wildman–Crippen MR) is 98.0 cm³/mol. The number of hydrogen-bond acceptors (Lipinski definition) is 10. The average molecular weight is 430 g/mol. The van der Waals surface area contributed by atoms with Crippen molar-refractivity contribution in [3.05, 3.63) is 12.2 Å². The third-order valence-electron chi connectivity index (χ3n) is 3.97. The number of hydrogen-bond donors (Lipinski definition) is 1. The van der Waals surface area contributed by atoms with Crippen molar-refractivity contribution in [1.29, 1.82) is 0 Å². The van der Waals surface area contributed by atoms with Gasteiger partial charge in [-0.25, -0.2) is 9.59 Å². The third kappa shape index (κ3) is 8.19. The van der Waals surface area contributed by atoms with Crippen LogP contribution in [-0.2, 0) is 47.7 Å². The van der Waals surface area contributed by atoms with E-state index in [0.29, 0.717) is 12.2 Å². The van der Waals surface area contributed by atoms with Crippen LogP contribution < -0.4 is 0 Å². The fourth-order valence-electron chi connectivity index (χ4n) is 2.44. The van der Waals surface area contributed by atoms with E-state index in [0.717, 1.165) is 0 Å². The molecule has 1 saturated heterocycles. The van der Waals surface area contributed by atoms with Crippen LogP contribution in [0.25, 0.3) is 0 Å². The highest BCUT2D eigenvalue weighted by Gasteiger charge is 2.47. The quantitative estimate of drug-likeness (QED) is 0.293. The number of aliphatic carboxylic acids is 1. The van der Waals surface area contributed by atoms with E-state index in [4.69, 9.17) is 28.8 Å². The second-order valence-corrected chi connectivity index (χ2v) is 6.17. The van der Waals surface area contributed by atoms with Crippen LogP contribution in [0.4, 0.5) is 0 Å². The molecule has 0 saturated carbocycles. The molecule has 1 aliphatic heterocycles. The van der Waals surface area contributed by atoms with Gasteiger partial charge in [-0.2, -0.15) is 0 Å². The molecule has 1 N–H and O–H groups in total. The Balaban J connectivity index is 3.04. The number of carbonyl (C=O) groups excluding carboxylic acids is 4. The minimum Gasteiger partial charge on any atom is -0.478 e. The smallest absolute Gasteiger partial charge is 0.331 e. The lowest BCUT2D eigenvalue weighted by Crippen LogP contribution is -2.58. The van der Waals surface area contributed by atoms with Gasteiger partial charge in [0.25, 0.3) is 0 Å². The molecule has 0 unspecified atom stereocenters. The Morgan fingerprint density at radius 1 is 0.867 bits per heavy atom. The van der Waals surface area contributed by atoms with Crippen LogP contribution in [0.5, 0.6) is 0 Å². The van der Waals surface area contributed by atoms with Crippen LogP contribution in [0.1, 0.15) is 40.0 Å². The van der Waals surface area contributed by atoms with Gasteiger partial charge < -0.3 is 28.8 Å². The van der Waals surface area contributed by atoms with Crippen molar-refractivity contribution < 1.29 is 52.8 Å². The molecule has 30 heavy (non-hydrogen) atoms. The Bertz CT molecular complexity index is 669. The average Bonchev–Trinajstić information content (AvgIpc) is 2.72. The van der Waals surface area contributed by atoms with E-state index >= 15 is 0 Å². The molecule has 1 rings (SSSR count). The molecule has 0 aromatic rings. The second kappa shape index (κ2) is 12.6. The van der Waals surface area contributed by atoms with E-state index in [1.165, 1.54) is 0 Å². The summed E-state index contributed by atoms with van der Waals surface area (Å²) in [4.78, 5) is 57.7. The minimum absolute atomic E-state index is 0.0121. The Morgan fingerprint density at radius 2 is 1.40 bits per heavy atom. The number of carbonyl (C=O) groups is 5. The van der Waals surface area contributed by atoms with Gasteiger partial charge in [0.05, 0.1) is 6.61 Å². The summed E-state index contributed by atoms with van der Waals surface area (Å²) in [5, 5.41) is 8.54. The maximum atomic E-state index is 11.9. The summed E-state index contributed by atoms with van der Waals surface area (Å²) in [5.74, 6) is -4.10. The molecule has 4 atom stereocenters. The number of carboxylic acid groups (broad SMARTS) is 1. The van der Waals surface area contributed by atoms with Crippen molar-refractivity contribution in [2.45, 2.75) is 64.4 Å². The molecule has 11 heteroatoms. The molecule has 11 nitrogen and oxygen atoms in total. The summed E-state index contributed by atoms with van der Waals surface area (Å²) in [5.41, 5.74) is 0. The van der Waals surface area contributed by atoms with Crippen molar-refractivity contribution >= 4 is 29.8 Å². The maximum Gasteiger partial charge on any atom is 0.331 e. The molecule has 0 spiro atoms. The molecule has 168 valence electrons. The molecule has 1 aliphatic rings. The lowest BCUT2D eigenvalue weighted by molar-refractivity contribution is -0.232. The van der Waals surface area contributed by atoms with Gasteiger partial charge in [0.1, 0.15) is 12.7 Å². The first kappa shape index (κ1) is 25.1. The van der Waals surface area contributed by atoms with Crippen molar-refractivity contribution in [3.63, 3.8) is 0 Å². The van der Waals surface area contributed by atoms with Crippen molar-refractivity contribution in [2.24, 2.45) is 0 Å². The molecule has 1 heterocycles. The van der Waals surface area contributed by atoms with E-state index in [-0.39, 0.29) is 25.9 Å². The van der Waals surface area contributed by atoms with Crippen molar-refractivity contribution in [1.82, 2.24) is 0 Å². The normalized spacial score (nSPS) is 23.4. The first-order valence-corrected chi connectivity index (χ1v) is 9.49. The summed E-state index contributed by atoms with van der Waals surface area (Å²) in [6.45, 7) is 4.09. The molecule has 0 amide bonds. The monoisotopic (exact) mass is 430 g/mol. The first-order valence-electron chi connectivity index (χ1n) is 9.49. The fourth-order valence-corrected chi connectivity index (χ4v) is 2.44. The molecular formula is C19H26O11. The van der Waals surface area contributed by atoms with Crippen molar-refractivity contribution in [2.75, 3.05) is 13.2 Å². The summed E-state index contributed by atoms with van der Waals surface area (Å²) < 4.78 is 26.5. The highest BCUT2D eigenvalue weighted by Crippen LogP contribution is 2.25. The zero-order valence-corrected chi connectivity index (χ0v) is 17.0. The first-order chi connectivity index (χ1) is 14.2. The highest BCUT2D eigenvalue weighted by atomic mass is 16.7. The van der Waals surface area contributed by atoms with Crippen LogP contribution >= 0.6 is 0 Å². The largest absolute Gasteiger partial charge is 0.478 e. The van der Waals surface area contributed by atoms with Crippen LogP contribution in [0.2, 0.25) is 0 Å². The Labute approximate surface area is 173 Å². The number of rotatable bonds is 10. The van der Waals surface area contributed by atoms with Gasteiger partial charge in [-0.3, -0.25) is 14.4 Å². The number of esters is 4. The summed E-state index contributed by atoms with van der Waals surface area (Å²) in [6, 6.07) is 0. The van der Waals surface area contributed by atoms with Crippen LogP contribution in [0.3, 0.4) is 0 Å². The molecule has 0 aliphatic carbocycles. The highest BCUT2D eigenvalue weighted by molar-refractivity contribution is 5.90. The summed E-state index contributed by atoms with van der Waals surface area (Å²) >= 11 is 0. The van der Waals surface area contributed by atoms with Gasteiger partial charge in [0.2, 0.25) is 0 Å². The van der Waals surface area contributed by atoms with Gasteiger partial charge in [-0.15, -0.1) is 0 Å². The van der Waals surface area contributed by atoms with E-state index < -0.39 is 60.9 Å². The van der Waals surface area contributed by atoms with Crippen LogP contribution in [-0.4, -0.2) is 72.6 Å². The fraction of sp³-hybridized carbons (Fsp3) is 0.632. The van der Waals surface area contributed by atoms with Crippen molar-refractivity contribution in [3.8, 4) is 0 Å². The summed E-state index contributed by atoms with van der Waals surface area (Å²) in [6.07, 6.45) is -3.03. The molecule has 1 fully saturated rings. The Morgan fingerprint density at radius 3 is 1.93 bits per heavy atom. The SMILES string of the molecule is CCC(=O)O[C@@H]1[C@H](OC(=O)CC)[C@@H](COC(=O)/C=C/C(=O)O)OC[C@H]1OC(=O)CC. The predicted octanol–water partition coefficient (Wildman–Crippen LogP) is 0.535. The van der Waals surface area contributed by atoms with Gasteiger partial charge in [0, 0.05) is 31.4 Å². The lowest BCUT2D eigenvalue weighted by atomic mass is 9.99. The summed E-state index contributed by atoms with van der Waals surface area (Å²) in [7, 11) is 0. The van der Waals surface area contributed by atoms with Gasteiger partial charge in [-0.1, -0.05) is 20.8 Å². The molecular weight excluding hydrogens is 404 g/mol. The molecule has 0 aromatic heterocycles. The van der Waals surface area contributed by atoms with E-state index in [1.807, 2.05) is 0 Å². The van der Waals surface area contributed by atoms with Gasteiger partial charge in [0.15, 0.2) is 18.3 Å². The van der Waals surface area contributed by atoms with E-state index in [1.54, 1.807) is 20.8 Å². The van der Waals surface area contributed by atoms with Crippen LogP contribution in [0.15, 0.2) is 12.2 Å². The second-order valence-electron chi connectivity index (χ2n) is 6.17.